The molecule has 2 aromatic rings. The molecule has 0 saturated heterocycles. The molecule has 1 aromatic heterocycles. The van der Waals surface area contributed by atoms with Gasteiger partial charge in [0.15, 0.2) is 5.76 Å². The van der Waals surface area contributed by atoms with Crippen LogP contribution in [0.2, 0.25) is 0 Å². The number of carboxylic acids is 1. The fourth-order valence-corrected chi connectivity index (χ4v) is 2.80. The van der Waals surface area contributed by atoms with Crippen molar-refractivity contribution in [2.75, 3.05) is 11.4 Å². The van der Waals surface area contributed by atoms with Gasteiger partial charge in [-0.15, -0.1) is 0 Å². The van der Waals surface area contributed by atoms with Crippen molar-refractivity contribution in [3.8, 4) is 0 Å². The van der Waals surface area contributed by atoms with E-state index in [1.54, 1.807) is 0 Å². The molecule has 0 aliphatic carbocycles. The summed E-state index contributed by atoms with van der Waals surface area (Å²) in [5.74, 6) is 0.0724. The molecule has 0 spiro atoms. The van der Waals surface area contributed by atoms with Gasteiger partial charge in [-0.1, -0.05) is 23.4 Å². The van der Waals surface area contributed by atoms with E-state index in [-0.39, 0.29) is 12.3 Å². The Morgan fingerprint density at radius 3 is 3.00 bits per heavy atom. The van der Waals surface area contributed by atoms with Crippen LogP contribution < -0.4 is 4.90 Å². The molecule has 1 aliphatic rings. The average molecular weight is 272 g/mol. The molecule has 0 radical (unpaired) electrons. The van der Waals surface area contributed by atoms with Gasteiger partial charge in [0.1, 0.15) is 0 Å². The lowest BCUT2D eigenvalue weighted by Crippen LogP contribution is -2.21. The number of nitrogens with zero attached hydrogens (tertiary/aromatic N) is 2. The molecule has 0 bridgehead atoms. The van der Waals surface area contributed by atoms with Gasteiger partial charge in [-0.05, 0) is 18.6 Å². The number of rotatable bonds is 4. The maximum Gasteiger partial charge on any atom is 0.304 e. The fourth-order valence-electron chi connectivity index (χ4n) is 2.80. The molecule has 1 aliphatic heterocycles. The summed E-state index contributed by atoms with van der Waals surface area (Å²) >= 11 is 0. The summed E-state index contributed by atoms with van der Waals surface area (Å²) in [4.78, 5) is 13.1. The van der Waals surface area contributed by atoms with Gasteiger partial charge >= 0.3 is 5.97 Å². The highest BCUT2D eigenvalue weighted by atomic mass is 16.5. The van der Waals surface area contributed by atoms with E-state index in [4.69, 9.17) is 9.63 Å². The molecule has 1 atom stereocenters. The normalized spacial score (nSPS) is 17.2. The van der Waals surface area contributed by atoms with Crippen molar-refractivity contribution in [2.45, 2.75) is 25.8 Å². The number of anilines is 1. The summed E-state index contributed by atoms with van der Waals surface area (Å²) in [5, 5.41) is 12.9. The van der Waals surface area contributed by atoms with Crippen LogP contribution in [-0.4, -0.2) is 22.8 Å². The van der Waals surface area contributed by atoms with Crippen LogP contribution in [0, 0.1) is 6.92 Å². The van der Waals surface area contributed by atoms with Crippen LogP contribution in [0.3, 0.4) is 0 Å². The van der Waals surface area contributed by atoms with Crippen LogP contribution in [0.4, 0.5) is 5.69 Å². The predicted octanol–water partition coefficient (Wildman–Crippen LogP) is 2.56. The average Bonchev–Trinajstić information content (AvgIpc) is 2.95. The number of hydrogen-bond acceptors (Lipinski definition) is 4. The molecule has 104 valence electrons. The zero-order valence-electron chi connectivity index (χ0n) is 11.2. The van der Waals surface area contributed by atoms with Crippen LogP contribution >= 0.6 is 0 Å². The Bertz CT molecular complexity index is 636. The smallest absolute Gasteiger partial charge is 0.304 e. The summed E-state index contributed by atoms with van der Waals surface area (Å²) in [5.41, 5.74) is 3.05. The van der Waals surface area contributed by atoms with Gasteiger partial charge in [-0.3, -0.25) is 4.79 Å². The molecule has 0 amide bonds. The van der Waals surface area contributed by atoms with E-state index in [9.17, 15) is 4.79 Å². The Morgan fingerprint density at radius 2 is 2.30 bits per heavy atom. The fraction of sp³-hybridized carbons (Fsp3) is 0.333. The van der Waals surface area contributed by atoms with Crippen LogP contribution in [0.5, 0.6) is 0 Å². The molecule has 1 unspecified atom stereocenters. The SMILES string of the molecule is Cc1cc(CN2CC(CC(=O)O)c3ccccc32)on1. The number of carboxylic acid groups (broad SMARTS) is 1. The first-order valence-electron chi connectivity index (χ1n) is 6.61. The Labute approximate surface area is 116 Å². The number of hydrogen-bond donors (Lipinski definition) is 1. The van der Waals surface area contributed by atoms with Crippen LogP contribution in [-0.2, 0) is 11.3 Å². The molecular formula is C15H16N2O3. The number of benzene rings is 1. The second-order valence-electron chi connectivity index (χ2n) is 5.17. The van der Waals surface area contributed by atoms with Crippen molar-refractivity contribution >= 4 is 11.7 Å². The third kappa shape index (κ3) is 2.39. The van der Waals surface area contributed by atoms with Crippen molar-refractivity contribution in [3.63, 3.8) is 0 Å². The van der Waals surface area contributed by atoms with Gasteiger partial charge in [0, 0.05) is 24.2 Å². The molecule has 1 N–H and O–H groups in total. The summed E-state index contributed by atoms with van der Waals surface area (Å²) in [6.45, 7) is 3.21. The number of aromatic nitrogens is 1. The molecule has 3 rings (SSSR count). The van der Waals surface area contributed by atoms with Gasteiger partial charge in [0.2, 0.25) is 0 Å². The Morgan fingerprint density at radius 1 is 1.50 bits per heavy atom. The van der Waals surface area contributed by atoms with E-state index in [1.807, 2.05) is 37.3 Å². The van der Waals surface area contributed by atoms with E-state index in [0.717, 1.165) is 22.7 Å². The highest BCUT2D eigenvalue weighted by molar-refractivity contribution is 5.71. The molecular weight excluding hydrogens is 256 g/mol. The van der Waals surface area contributed by atoms with E-state index < -0.39 is 5.97 Å². The van der Waals surface area contributed by atoms with Crippen LogP contribution in [0.25, 0.3) is 0 Å². The minimum absolute atomic E-state index is 0.0349. The highest BCUT2D eigenvalue weighted by Gasteiger charge is 2.30. The number of aliphatic carboxylic acids is 1. The Balaban J connectivity index is 1.84. The van der Waals surface area contributed by atoms with Gasteiger partial charge in [-0.25, -0.2) is 0 Å². The van der Waals surface area contributed by atoms with Gasteiger partial charge in [-0.2, -0.15) is 0 Å². The highest BCUT2D eigenvalue weighted by Crippen LogP contribution is 2.38. The third-order valence-electron chi connectivity index (χ3n) is 3.60. The first-order chi connectivity index (χ1) is 9.63. The third-order valence-corrected chi connectivity index (χ3v) is 3.60. The summed E-state index contributed by atoms with van der Waals surface area (Å²) in [6, 6.07) is 9.87. The molecule has 2 heterocycles. The lowest BCUT2D eigenvalue weighted by atomic mass is 9.98. The largest absolute Gasteiger partial charge is 0.481 e. The number of para-hydroxylation sites is 1. The maximum absolute atomic E-state index is 11.0. The minimum atomic E-state index is -0.762. The van der Waals surface area contributed by atoms with Crippen molar-refractivity contribution in [1.82, 2.24) is 5.16 Å². The lowest BCUT2D eigenvalue weighted by molar-refractivity contribution is -0.137. The molecule has 1 aromatic carbocycles. The van der Waals surface area contributed by atoms with Crippen LogP contribution in [0.1, 0.15) is 29.4 Å². The van der Waals surface area contributed by atoms with Gasteiger partial charge in [0.25, 0.3) is 0 Å². The molecule has 20 heavy (non-hydrogen) atoms. The molecule has 5 nitrogen and oxygen atoms in total. The van der Waals surface area contributed by atoms with Crippen molar-refractivity contribution in [3.05, 3.63) is 47.3 Å². The maximum atomic E-state index is 11.0. The summed E-state index contributed by atoms with van der Waals surface area (Å²) < 4.78 is 5.25. The van der Waals surface area contributed by atoms with Crippen molar-refractivity contribution in [2.24, 2.45) is 0 Å². The predicted molar refractivity (Wildman–Crippen MR) is 73.7 cm³/mol. The van der Waals surface area contributed by atoms with Gasteiger partial charge < -0.3 is 14.5 Å². The molecule has 5 heteroatoms. The van der Waals surface area contributed by atoms with Crippen molar-refractivity contribution in [1.29, 1.82) is 0 Å². The van der Waals surface area contributed by atoms with E-state index in [2.05, 4.69) is 10.1 Å². The minimum Gasteiger partial charge on any atom is -0.481 e. The lowest BCUT2D eigenvalue weighted by Gasteiger charge is -2.17. The first-order valence-corrected chi connectivity index (χ1v) is 6.61. The Kier molecular flexibility index (Phi) is 3.18. The Hall–Kier alpha value is -2.30. The monoisotopic (exact) mass is 272 g/mol. The first kappa shape index (κ1) is 12.7. The zero-order valence-corrected chi connectivity index (χ0v) is 11.2. The number of aryl methyl sites for hydroxylation is 1. The van der Waals surface area contributed by atoms with E-state index in [1.165, 1.54) is 0 Å². The summed E-state index contributed by atoms with van der Waals surface area (Å²) in [7, 11) is 0. The quantitative estimate of drug-likeness (QED) is 0.926. The second kappa shape index (κ2) is 5.00. The van der Waals surface area contributed by atoms with Crippen LogP contribution in [0.15, 0.2) is 34.9 Å². The summed E-state index contributed by atoms with van der Waals surface area (Å²) in [6.07, 6.45) is 0.156. The number of fused-ring (bicyclic) bond motifs is 1. The standard InChI is InChI=1S/C15H16N2O3/c1-10-6-12(20-16-10)9-17-8-11(7-15(18)19)13-4-2-3-5-14(13)17/h2-6,11H,7-9H2,1H3,(H,18,19). The van der Waals surface area contributed by atoms with E-state index >= 15 is 0 Å². The van der Waals surface area contributed by atoms with Gasteiger partial charge in [0.05, 0.1) is 18.7 Å². The van der Waals surface area contributed by atoms with Crippen molar-refractivity contribution < 1.29 is 14.4 Å². The molecule has 0 saturated carbocycles. The topological polar surface area (TPSA) is 66.6 Å². The molecule has 0 fully saturated rings. The van der Waals surface area contributed by atoms with E-state index in [0.29, 0.717) is 13.1 Å². The second-order valence-corrected chi connectivity index (χ2v) is 5.17. The number of carbonyl (C=O) groups is 1. The zero-order chi connectivity index (χ0) is 14.1.